The minimum absolute atomic E-state index is 0.245. The molecular formula is C15H30N2O. The van der Waals surface area contributed by atoms with Gasteiger partial charge in [-0.2, -0.15) is 0 Å². The second-order valence-electron chi connectivity index (χ2n) is 6.86. The van der Waals surface area contributed by atoms with Gasteiger partial charge in [0.2, 0.25) is 0 Å². The fourth-order valence-electron chi connectivity index (χ4n) is 3.85. The van der Waals surface area contributed by atoms with E-state index in [2.05, 4.69) is 30.7 Å². The van der Waals surface area contributed by atoms with E-state index in [9.17, 15) is 5.11 Å². The van der Waals surface area contributed by atoms with E-state index in [1.807, 2.05) is 0 Å². The van der Waals surface area contributed by atoms with E-state index in [-0.39, 0.29) is 12.1 Å². The first-order chi connectivity index (χ1) is 8.54. The average Bonchev–Trinajstić information content (AvgIpc) is 2.56. The Hall–Kier alpha value is -0.120. The Bertz CT molecular complexity index is 259. The van der Waals surface area contributed by atoms with Gasteiger partial charge in [0, 0.05) is 30.7 Å². The van der Waals surface area contributed by atoms with Crippen LogP contribution in [0.1, 0.15) is 52.4 Å². The highest BCUT2D eigenvalue weighted by Gasteiger charge is 2.40. The van der Waals surface area contributed by atoms with Crippen molar-refractivity contribution >= 4 is 0 Å². The van der Waals surface area contributed by atoms with Gasteiger partial charge in [0.15, 0.2) is 0 Å². The first-order valence-corrected chi connectivity index (χ1v) is 7.62. The van der Waals surface area contributed by atoms with Crippen LogP contribution in [0.15, 0.2) is 0 Å². The van der Waals surface area contributed by atoms with Crippen molar-refractivity contribution in [2.75, 3.05) is 26.7 Å². The number of aliphatic hydroxyl groups excluding tert-OH is 1. The molecule has 1 aliphatic carbocycles. The van der Waals surface area contributed by atoms with Gasteiger partial charge in [0.1, 0.15) is 0 Å². The summed E-state index contributed by atoms with van der Waals surface area (Å²) in [5.41, 5.74) is 0.245. The SMILES string of the molecule is CN1CC(C)(C)N(C2CCCCCC2)CC1CO. The van der Waals surface area contributed by atoms with Gasteiger partial charge in [-0.05, 0) is 33.7 Å². The highest BCUT2D eigenvalue weighted by molar-refractivity contribution is 4.96. The molecule has 0 bridgehead atoms. The minimum atomic E-state index is 0.245. The molecule has 3 heteroatoms. The van der Waals surface area contributed by atoms with Gasteiger partial charge in [-0.25, -0.2) is 0 Å². The Morgan fingerprint density at radius 3 is 2.28 bits per heavy atom. The molecule has 1 aliphatic heterocycles. The highest BCUT2D eigenvalue weighted by atomic mass is 16.3. The topological polar surface area (TPSA) is 26.7 Å². The van der Waals surface area contributed by atoms with Gasteiger partial charge in [-0.3, -0.25) is 9.80 Å². The van der Waals surface area contributed by atoms with Crippen molar-refractivity contribution in [1.29, 1.82) is 0 Å². The maximum absolute atomic E-state index is 9.54. The largest absolute Gasteiger partial charge is 0.395 e. The lowest BCUT2D eigenvalue weighted by Gasteiger charge is -2.52. The number of piperazine rings is 1. The molecule has 1 saturated carbocycles. The molecule has 0 aromatic carbocycles. The lowest BCUT2D eigenvalue weighted by atomic mass is 9.91. The van der Waals surface area contributed by atoms with Crippen molar-refractivity contribution in [3.05, 3.63) is 0 Å². The van der Waals surface area contributed by atoms with Gasteiger partial charge in [-0.15, -0.1) is 0 Å². The lowest BCUT2D eigenvalue weighted by molar-refractivity contribution is -0.0493. The molecule has 2 fully saturated rings. The standard InChI is InChI=1S/C15H30N2O/c1-15(2)12-16(3)14(11-18)10-17(15)13-8-6-4-5-7-9-13/h13-14,18H,4-12H2,1-3H3. The van der Waals surface area contributed by atoms with Crippen molar-refractivity contribution in [3.63, 3.8) is 0 Å². The molecular weight excluding hydrogens is 224 g/mol. The van der Waals surface area contributed by atoms with Crippen molar-refractivity contribution in [2.24, 2.45) is 0 Å². The molecule has 2 rings (SSSR count). The van der Waals surface area contributed by atoms with Crippen LogP contribution in [0.5, 0.6) is 0 Å². The monoisotopic (exact) mass is 254 g/mol. The van der Waals surface area contributed by atoms with Crippen LogP contribution in [-0.2, 0) is 0 Å². The van der Waals surface area contributed by atoms with E-state index in [0.29, 0.717) is 6.04 Å². The van der Waals surface area contributed by atoms with Crippen LogP contribution < -0.4 is 0 Å². The van der Waals surface area contributed by atoms with Crippen LogP contribution in [0.2, 0.25) is 0 Å². The molecule has 0 spiro atoms. The average molecular weight is 254 g/mol. The third-order valence-corrected chi connectivity index (χ3v) is 4.92. The first kappa shape index (κ1) is 14.3. The van der Waals surface area contributed by atoms with E-state index in [4.69, 9.17) is 0 Å². The van der Waals surface area contributed by atoms with Gasteiger partial charge >= 0.3 is 0 Å². The van der Waals surface area contributed by atoms with Crippen LogP contribution in [0.4, 0.5) is 0 Å². The molecule has 18 heavy (non-hydrogen) atoms. The Kier molecular flexibility index (Phi) is 4.68. The van der Waals surface area contributed by atoms with Crippen LogP contribution in [0.3, 0.4) is 0 Å². The van der Waals surface area contributed by atoms with Crippen LogP contribution in [0.25, 0.3) is 0 Å². The van der Waals surface area contributed by atoms with Crippen LogP contribution in [-0.4, -0.2) is 59.3 Å². The molecule has 0 aromatic heterocycles. The van der Waals surface area contributed by atoms with E-state index in [0.717, 1.165) is 19.1 Å². The zero-order valence-electron chi connectivity index (χ0n) is 12.4. The summed E-state index contributed by atoms with van der Waals surface area (Å²) in [6.07, 6.45) is 8.30. The molecule has 1 heterocycles. The lowest BCUT2D eigenvalue weighted by Crippen LogP contribution is -2.65. The number of hydrogen-bond acceptors (Lipinski definition) is 3. The first-order valence-electron chi connectivity index (χ1n) is 7.62. The third kappa shape index (κ3) is 3.06. The Morgan fingerprint density at radius 1 is 1.11 bits per heavy atom. The summed E-state index contributed by atoms with van der Waals surface area (Å²) in [5.74, 6) is 0. The van der Waals surface area contributed by atoms with Crippen molar-refractivity contribution in [2.45, 2.75) is 70.0 Å². The third-order valence-electron chi connectivity index (χ3n) is 4.92. The number of aliphatic hydroxyl groups is 1. The van der Waals surface area contributed by atoms with Gasteiger partial charge < -0.3 is 5.11 Å². The van der Waals surface area contributed by atoms with Crippen molar-refractivity contribution in [1.82, 2.24) is 9.80 Å². The molecule has 0 radical (unpaired) electrons. The number of rotatable bonds is 2. The predicted octanol–water partition coefficient (Wildman–Crippen LogP) is 2.10. The Balaban J connectivity index is 2.07. The van der Waals surface area contributed by atoms with Gasteiger partial charge in [-0.1, -0.05) is 25.7 Å². The van der Waals surface area contributed by atoms with Crippen molar-refractivity contribution in [3.8, 4) is 0 Å². The highest BCUT2D eigenvalue weighted by Crippen LogP contribution is 2.31. The predicted molar refractivity (Wildman–Crippen MR) is 75.8 cm³/mol. The number of nitrogens with zero attached hydrogens (tertiary/aromatic N) is 2. The van der Waals surface area contributed by atoms with Crippen molar-refractivity contribution < 1.29 is 5.11 Å². The zero-order valence-corrected chi connectivity index (χ0v) is 12.4. The molecule has 1 N–H and O–H groups in total. The Morgan fingerprint density at radius 2 is 1.72 bits per heavy atom. The Labute approximate surface area is 112 Å². The van der Waals surface area contributed by atoms with E-state index >= 15 is 0 Å². The molecule has 106 valence electrons. The summed E-state index contributed by atoms with van der Waals surface area (Å²) in [4.78, 5) is 5.02. The zero-order chi connectivity index (χ0) is 13.2. The fraction of sp³-hybridized carbons (Fsp3) is 1.00. The second kappa shape index (κ2) is 5.89. The van der Waals surface area contributed by atoms with Crippen LogP contribution in [0, 0.1) is 0 Å². The maximum Gasteiger partial charge on any atom is 0.0599 e. The van der Waals surface area contributed by atoms with E-state index < -0.39 is 0 Å². The number of hydrogen-bond donors (Lipinski definition) is 1. The number of likely N-dealkylation sites (N-methyl/N-ethyl adjacent to an activating group) is 1. The molecule has 1 saturated heterocycles. The molecule has 1 atom stereocenters. The summed E-state index contributed by atoms with van der Waals surface area (Å²) < 4.78 is 0. The second-order valence-corrected chi connectivity index (χ2v) is 6.86. The molecule has 0 amide bonds. The van der Waals surface area contributed by atoms with Crippen LogP contribution >= 0.6 is 0 Å². The smallest absolute Gasteiger partial charge is 0.0599 e. The molecule has 1 unspecified atom stereocenters. The maximum atomic E-state index is 9.54. The minimum Gasteiger partial charge on any atom is -0.395 e. The summed E-state index contributed by atoms with van der Waals surface area (Å²) in [6, 6.07) is 1.06. The summed E-state index contributed by atoms with van der Waals surface area (Å²) in [7, 11) is 2.15. The molecule has 2 aliphatic rings. The quantitative estimate of drug-likeness (QED) is 0.765. The summed E-state index contributed by atoms with van der Waals surface area (Å²) >= 11 is 0. The van der Waals surface area contributed by atoms with Gasteiger partial charge in [0.05, 0.1) is 6.61 Å². The van der Waals surface area contributed by atoms with E-state index in [1.54, 1.807) is 0 Å². The van der Waals surface area contributed by atoms with Gasteiger partial charge in [0.25, 0.3) is 0 Å². The summed E-state index contributed by atoms with van der Waals surface area (Å²) in [6.45, 7) is 7.11. The van der Waals surface area contributed by atoms with E-state index in [1.165, 1.54) is 38.5 Å². The summed E-state index contributed by atoms with van der Waals surface area (Å²) in [5, 5.41) is 9.54. The normalized spacial score (nSPS) is 32.3. The fourth-order valence-corrected chi connectivity index (χ4v) is 3.85. The molecule has 3 nitrogen and oxygen atoms in total. The molecule has 0 aromatic rings.